The normalized spacial score (nSPS) is 41.8. The third kappa shape index (κ3) is 3.36. The van der Waals surface area contributed by atoms with Gasteiger partial charge in [-0.1, -0.05) is 6.92 Å². The van der Waals surface area contributed by atoms with Crippen LogP contribution in [0, 0.1) is 40.9 Å². The van der Waals surface area contributed by atoms with Gasteiger partial charge < -0.3 is 5.11 Å². The van der Waals surface area contributed by atoms with Gasteiger partial charge in [0.2, 0.25) is 0 Å². The van der Waals surface area contributed by atoms with Gasteiger partial charge >= 0.3 is 0 Å². The Morgan fingerprint density at radius 2 is 1.94 bits per heavy atom. The van der Waals surface area contributed by atoms with E-state index in [2.05, 4.69) is 17.0 Å². The molecular formula is C27H35F2N3O2. The fraction of sp³-hybridized carbons (Fsp3) is 0.741. The summed E-state index contributed by atoms with van der Waals surface area (Å²) < 4.78 is 28.7. The van der Waals surface area contributed by atoms with Crippen molar-refractivity contribution in [2.45, 2.75) is 83.3 Å². The summed E-state index contributed by atoms with van der Waals surface area (Å²) in [6.07, 6.45) is 10.0. The zero-order valence-corrected chi connectivity index (χ0v) is 19.9. The van der Waals surface area contributed by atoms with Gasteiger partial charge in [0.15, 0.2) is 5.78 Å². The number of aliphatic hydroxyl groups is 1. The Morgan fingerprint density at radius 1 is 1.12 bits per heavy atom. The Kier molecular flexibility index (Phi) is 5.36. The molecule has 1 N–H and O–H groups in total. The number of halogens is 2. The number of ketones is 1. The number of aromatic nitrogens is 3. The lowest BCUT2D eigenvalue weighted by Crippen LogP contribution is -2.53. The Hall–Kier alpha value is -1.89. The molecule has 184 valence electrons. The van der Waals surface area contributed by atoms with Crippen LogP contribution in [0.4, 0.5) is 8.78 Å². The molecule has 4 fully saturated rings. The van der Waals surface area contributed by atoms with Crippen LogP contribution in [0.1, 0.15) is 64.7 Å². The van der Waals surface area contributed by atoms with E-state index >= 15 is 0 Å². The van der Waals surface area contributed by atoms with E-state index in [1.807, 2.05) is 6.07 Å². The first-order valence-electron chi connectivity index (χ1n) is 13.1. The molecule has 0 amide bonds. The molecule has 34 heavy (non-hydrogen) atoms. The molecule has 0 saturated heterocycles. The molecule has 0 aromatic carbocycles. The lowest BCUT2D eigenvalue weighted by molar-refractivity contribution is -0.160. The van der Waals surface area contributed by atoms with Crippen LogP contribution < -0.4 is 0 Å². The van der Waals surface area contributed by atoms with Crippen molar-refractivity contribution in [3.63, 3.8) is 0 Å². The lowest BCUT2D eigenvalue weighted by Gasteiger charge is -2.57. The van der Waals surface area contributed by atoms with Crippen LogP contribution in [0.5, 0.6) is 0 Å². The summed E-state index contributed by atoms with van der Waals surface area (Å²) in [5.74, 6) is 2.71. The number of hydrogen-bond acceptors (Lipinski definition) is 4. The van der Waals surface area contributed by atoms with E-state index in [1.54, 1.807) is 23.3 Å². The zero-order chi connectivity index (χ0) is 23.7. The van der Waals surface area contributed by atoms with Crippen molar-refractivity contribution in [3.8, 4) is 0 Å². The van der Waals surface area contributed by atoms with E-state index in [9.17, 15) is 18.7 Å². The summed E-state index contributed by atoms with van der Waals surface area (Å²) in [5.41, 5.74) is -0.863. The van der Waals surface area contributed by atoms with Crippen molar-refractivity contribution < 1.29 is 18.7 Å². The van der Waals surface area contributed by atoms with Crippen LogP contribution >= 0.6 is 0 Å². The molecule has 8 atom stereocenters. The predicted molar refractivity (Wildman–Crippen MR) is 124 cm³/mol. The summed E-state index contributed by atoms with van der Waals surface area (Å²) in [5, 5.41) is 15.9. The van der Waals surface area contributed by atoms with Crippen LogP contribution in [0.15, 0.2) is 24.7 Å². The number of nitrogens with zero attached hydrogens (tertiary/aromatic N) is 3. The SMILES string of the molecule is C[C@]12CC[C@H]3[C@@H](CC[C@@H]4C[C@@](O)(C(F)F)CC[C@@H]43)[C@@H]1CC[C@@H]2C(=O)Cn1ncc2ccncc21. The predicted octanol–water partition coefficient (Wildman–Crippen LogP) is 5.27. The maximum Gasteiger partial charge on any atom is 0.266 e. The van der Waals surface area contributed by atoms with Crippen LogP contribution in [0.25, 0.3) is 10.9 Å². The highest BCUT2D eigenvalue weighted by molar-refractivity contribution is 5.84. The Balaban J connectivity index is 1.18. The summed E-state index contributed by atoms with van der Waals surface area (Å²) in [6, 6.07) is 1.92. The molecule has 7 heteroatoms. The highest BCUT2D eigenvalue weighted by Gasteiger charge is 2.59. The van der Waals surface area contributed by atoms with Crippen molar-refractivity contribution in [2.75, 3.05) is 0 Å². The van der Waals surface area contributed by atoms with Gasteiger partial charge in [-0.3, -0.25) is 14.5 Å². The molecule has 0 spiro atoms. The Morgan fingerprint density at radius 3 is 2.76 bits per heavy atom. The second kappa shape index (κ2) is 8.07. The van der Waals surface area contributed by atoms with Crippen LogP contribution in [0.3, 0.4) is 0 Å². The number of carbonyl (C=O) groups excluding carboxylic acids is 1. The third-order valence-electron chi connectivity index (χ3n) is 10.6. The topological polar surface area (TPSA) is 68.0 Å². The third-order valence-corrected chi connectivity index (χ3v) is 10.6. The molecule has 4 aliphatic rings. The summed E-state index contributed by atoms with van der Waals surface area (Å²) in [7, 11) is 0. The summed E-state index contributed by atoms with van der Waals surface area (Å²) in [6.45, 7) is 2.64. The molecule has 0 radical (unpaired) electrons. The molecule has 6 rings (SSSR count). The van der Waals surface area contributed by atoms with Crippen LogP contribution in [-0.4, -0.2) is 37.7 Å². The van der Waals surface area contributed by atoms with Crippen molar-refractivity contribution in [1.82, 2.24) is 14.8 Å². The summed E-state index contributed by atoms with van der Waals surface area (Å²) >= 11 is 0. The van der Waals surface area contributed by atoms with Gasteiger partial charge in [0, 0.05) is 17.5 Å². The molecular weight excluding hydrogens is 436 g/mol. The first-order chi connectivity index (χ1) is 16.3. The molecule has 4 saturated carbocycles. The van der Waals surface area contributed by atoms with Gasteiger partial charge in [0.1, 0.15) is 12.1 Å². The van der Waals surface area contributed by atoms with Gasteiger partial charge in [-0.2, -0.15) is 5.10 Å². The molecule has 2 aromatic heterocycles. The highest BCUT2D eigenvalue weighted by atomic mass is 19.3. The quantitative estimate of drug-likeness (QED) is 0.660. The lowest BCUT2D eigenvalue weighted by atomic mass is 9.49. The Bertz CT molecular complexity index is 1090. The van der Waals surface area contributed by atoms with E-state index < -0.39 is 12.0 Å². The maximum absolute atomic E-state index is 13.6. The number of carbonyl (C=O) groups is 1. The minimum atomic E-state index is -2.65. The molecule has 2 heterocycles. The molecule has 0 bridgehead atoms. The van der Waals surface area contributed by atoms with E-state index in [0.29, 0.717) is 30.2 Å². The minimum absolute atomic E-state index is 0.0185. The number of rotatable bonds is 4. The number of Topliss-reactive ketones (excluding diaryl/α,β-unsaturated/α-hetero) is 1. The van der Waals surface area contributed by atoms with Gasteiger partial charge in [-0.15, -0.1) is 0 Å². The fourth-order valence-corrected chi connectivity index (χ4v) is 8.94. The van der Waals surface area contributed by atoms with Crippen molar-refractivity contribution in [1.29, 1.82) is 0 Å². The smallest absolute Gasteiger partial charge is 0.266 e. The van der Waals surface area contributed by atoms with E-state index in [-0.39, 0.29) is 35.9 Å². The minimum Gasteiger partial charge on any atom is -0.384 e. The number of pyridine rings is 1. The molecule has 5 nitrogen and oxygen atoms in total. The number of alkyl halides is 2. The highest BCUT2D eigenvalue weighted by Crippen LogP contribution is 2.65. The molecule has 0 aliphatic heterocycles. The van der Waals surface area contributed by atoms with Crippen molar-refractivity contribution >= 4 is 16.7 Å². The first kappa shape index (κ1) is 22.6. The Labute approximate surface area is 199 Å². The second-order valence-corrected chi connectivity index (χ2v) is 12.0. The van der Waals surface area contributed by atoms with E-state index in [1.165, 1.54) is 0 Å². The van der Waals surface area contributed by atoms with Gasteiger partial charge in [-0.25, -0.2) is 8.78 Å². The molecule has 4 aliphatic carbocycles. The fourth-order valence-electron chi connectivity index (χ4n) is 8.94. The maximum atomic E-state index is 13.6. The van der Waals surface area contributed by atoms with Gasteiger partial charge in [-0.05, 0) is 98.9 Å². The van der Waals surface area contributed by atoms with Gasteiger partial charge in [0.25, 0.3) is 6.43 Å². The number of fused-ring (bicyclic) bond motifs is 6. The largest absolute Gasteiger partial charge is 0.384 e. The monoisotopic (exact) mass is 471 g/mol. The number of hydrogen-bond donors (Lipinski definition) is 1. The average Bonchev–Trinajstić information content (AvgIpc) is 3.39. The first-order valence-corrected chi connectivity index (χ1v) is 13.1. The van der Waals surface area contributed by atoms with E-state index in [4.69, 9.17) is 0 Å². The molecule has 2 aromatic rings. The summed E-state index contributed by atoms with van der Waals surface area (Å²) in [4.78, 5) is 17.8. The van der Waals surface area contributed by atoms with Crippen molar-refractivity contribution in [3.05, 3.63) is 24.7 Å². The molecule has 0 unspecified atom stereocenters. The zero-order valence-electron chi connectivity index (χ0n) is 19.9. The van der Waals surface area contributed by atoms with Gasteiger partial charge in [0.05, 0.1) is 17.9 Å². The van der Waals surface area contributed by atoms with Crippen molar-refractivity contribution in [2.24, 2.45) is 40.9 Å². The van der Waals surface area contributed by atoms with E-state index in [0.717, 1.165) is 55.8 Å². The average molecular weight is 472 g/mol. The standard InChI is InChI=1S/C27H35F2N3O2/c1-26-9-6-19-18-7-10-27(34,25(28)29)12-16(18)2-3-20(19)21(26)4-5-22(26)24(33)15-32-23-14-30-11-8-17(23)13-31-32/h8,11,13-14,16,18-22,25,34H,2-7,9-10,12,15H2,1H3/t16-,18+,19-,20-,21+,22-,26+,27-/m1/s1. The van der Waals surface area contributed by atoms with Crippen LogP contribution in [0.2, 0.25) is 0 Å². The van der Waals surface area contributed by atoms with Crippen LogP contribution in [-0.2, 0) is 11.3 Å². The second-order valence-electron chi connectivity index (χ2n) is 12.0.